The van der Waals surface area contributed by atoms with Crippen molar-refractivity contribution in [2.45, 2.75) is 51.7 Å². The summed E-state index contributed by atoms with van der Waals surface area (Å²) in [6.07, 6.45) is 4.46. The molecule has 1 aliphatic rings. The number of thiocarbonyl (C=S) groups is 1. The maximum absolute atomic E-state index is 13.1. The number of benzene rings is 1. The Bertz CT molecular complexity index is 1200. The average Bonchev–Trinajstić information content (AvgIpc) is 3.43. The number of pyridine rings is 1. The van der Waals surface area contributed by atoms with Crippen LogP contribution >= 0.6 is 24.0 Å². The number of amides is 1. The van der Waals surface area contributed by atoms with Gasteiger partial charge in [-0.3, -0.25) is 9.78 Å². The number of aromatic nitrogens is 1. The van der Waals surface area contributed by atoms with Gasteiger partial charge in [-0.15, -0.1) is 0 Å². The number of hydrogen-bond acceptors (Lipinski definition) is 5. The molecule has 37 heavy (non-hydrogen) atoms. The summed E-state index contributed by atoms with van der Waals surface area (Å²) in [4.78, 5) is 20.1. The van der Waals surface area contributed by atoms with Crippen molar-refractivity contribution in [3.8, 4) is 0 Å². The van der Waals surface area contributed by atoms with Crippen LogP contribution in [0.25, 0.3) is 0 Å². The van der Waals surface area contributed by atoms with E-state index in [1.165, 1.54) is 11.1 Å². The number of thioether (sulfide) groups is 1. The van der Waals surface area contributed by atoms with Gasteiger partial charge in [0.1, 0.15) is 5.76 Å². The summed E-state index contributed by atoms with van der Waals surface area (Å²) in [5.41, 5.74) is 6.14. The van der Waals surface area contributed by atoms with Gasteiger partial charge in [-0.25, -0.2) is 0 Å². The van der Waals surface area contributed by atoms with Crippen molar-refractivity contribution in [2.75, 3.05) is 30.7 Å². The normalized spacial score (nSPS) is 14.0. The van der Waals surface area contributed by atoms with Gasteiger partial charge in [-0.1, -0.05) is 25.1 Å². The smallest absolute Gasteiger partial charge is 0.253 e. The first-order chi connectivity index (χ1) is 18.0. The van der Waals surface area contributed by atoms with Gasteiger partial charge in [-0.05, 0) is 80.7 Å². The van der Waals surface area contributed by atoms with E-state index in [1.807, 2.05) is 31.2 Å². The molecule has 2 aromatic heterocycles. The Morgan fingerprint density at radius 3 is 2.70 bits per heavy atom. The van der Waals surface area contributed by atoms with Crippen LogP contribution in [0, 0.1) is 13.8 Å². The van der Waals surface area contributed by atoms with Gasteiger partial charge in [0.2, 0.25) is 0 Å². The second-order valence-corrected chi connectivity index (χ2v) is 10.9. The lowest BCUT2D eigenvalue weighted by Crippen LogP contribution is -2.41. The SMILES string of the molecule is CCc1cccc(C)c1NC(=S)N1CCC(c2nc(C)ccc2C(=O)NCCSCc2ccco2)CC1. The molecule has 3 heterocycles. The number of aryl methyl sites for hydroxylation is 3. The van der Waals surface area contributed by atoms with E-state index < -0.39 is 0 Å². The van der Waals surface area contributed by atoms with Crippen molar-refractivity contribution in [3.05, 3.63) is 82.6 Å². The summed E-state index contributed by atoms with van der Waals surface area (Å²) in [5.74, 6) is 2.76. The molecule has 1 amide bonds. The molecule has 1 aliphatic heterocycles. The van der Waals surface area contributed by atoms with Crippen LogP contribution in [0.2, 0.25) is 0 Å². The summed E-state index contributed by atoms with van der Waals surface area (Å²) in [5, 5.41) is 7.35. The van der Waals surface area contributed by atoms with Gasteiger partial charge in [0.05, 0.1) is 23.3 Å². The summed E-state index contributed by atoms with van der Waals surface area (Å²) < 4.78 is 5.36. The number of nitrogens with one attached hydrogen (secondary N) is 2. The average molecular weight is 537 g/mol. The Hall–Kier alpha value is -2.84. The van der Waals surface area contributed by atoms with E-state index >= 15 is 0 Å². The molecule has 3 aromatic rings. The predicted molar refractivity (Wildman–Crippen MR) is 157 cm³/mol. The molecular formula is C29H36N4O2S2. The maximum Gasteiger partial charge on any atom is 0.253 e. The summed E-state index contributed by atoms with van der Waals surface area (Å²) in [6, 6.07) is 14.1. The van der Waals surface area contributed by atoms with Crippen LogP contribution < -0.4 is 10.6 Å². The highest BCUT2D eigenvalue weighted by atomic mass is 32.2. The maximum atomic E-state index is 13.1. The summed E-state index contributed by atoms with van der Waals surface area (Å²) >= 11 is 7.53. The number of carbonyl (C=O) groups is 1. The number of hydrogen-bond donors (Lipinski definition) is 2. The van der Waals surface area contributed by atoms with Gasteiger partial charge >= 0.3 is 0 Å². The van der Waals surface area contributed by atoms with Crippen molar-refractivity contribution >= 4 is 40.7 Å². The third-order valence-corrected chi connectivity index (χ3v) is 8.15. The molecule has 0 aliphatic carbocycles. The van der Waals surface area contributed by atoms with Crippen LogP contribution in [0.1, 0.15) is 64.3 Å². The quantitative estimate of drug-likeness (QED) is 0.253. The van der Waals surface area contributed by atoms with E-state index in [0.29, 0.717) is 12.1 Å². The van der Waals surface area contributed by atoms with E-state index in [4.69, 9.17) is 21.6 Å². The van der Waals surface area contributed by atoms with E-state index in [-0.39, 0.29) is 11.8 Å². The van der Waals surface area contributed by atoms with Crippen LogP contribution in [-0.4, -0.2) is 46.3 Å². The second-order valence-electron chi connectivity index (χ2n) is 9.43. The fourth-order valence-electron chi connectivity index (χ4n) is 4.72. The van der Waals surface area contributed by atoms with E-state index in [9.17, 15) is 4.79 Å². The molecule has 0 unspecified atom stereocenters. The molecule has 0 atom stereocenters. The van der Waals surface area contributed by atoms with Crippen molar-refractivity contribution in [2.24, 2.45) is 0 Å². The first kappa shape index (κ1) is 27.2. The van der Waals surface area contributed by atoms with Gasteiger partial charge in [-0.2, -0.15) is 11.8 Å². The lowest BCUT2D eigenvalue weighted by Gasteiger charge is -2.34. The first-order valence-corrected chi connectivity index (χ1v) is 14.5. The van der Waals surface area contributed by atoms with Crippen LogP contribution in [0.15, 0.2) is 53.1 Å². The first-order valence-electron chi connectivity index (χ1n) is 13.0. The molecule has 1 fully saturated rings. The molecule has 0 radical (unpaired) electrons. The van der Waals surface area contributed by atoms with Crippen LogP contribution in [-0.2, 0) is 12.2 Å². The molecule has 8 heteroatoms. The predicted octanol–water partition coefficient (Wildman–Crippen LogP) is 6.09. The topological polar surface area (TPSA) is 70.4 Å². The number of furan rings is 1. The zero-order chi connectivity index (χ0) is 26.2. The van der Waals surface area contributed by atoms with Crippen LogP contribution in [0.4, 0.5) is 5.69 Å². The van der Waals surface area contributed by atoms with Gasteiger partial charge in [0.15, 0.2) is 5.11 Å². The highest BCUT2D eigenvalue weighted by Crippen LogP contribution is 2.30. The minimum atomic E-state index is -0.0487. The minimum Gasteiger partial charge on any atom is -0.468 e. The third-order valence-electron chi connectivity index (χ3n) is 6.81. The number of carbonyl (C=O) groups excluding carboxylic acids is 1. The lowest BCUT2D eigenvalue weighted by molar-refractivity contribution is 0.0953. The monoisotopic (exact) mass is 536 g/mol. The van der Waals surface area contributed by atoms with Crippen molar-refractivity contribution < 1.29 is 9.21 Å². The minimum absolute atomic E-state index is 0.0487. The molecule has 2 N–H and O–H groups in total. The molecule has 0 saturated carbocycles. The summed E-state index contributed by atoms with van der Waals surface area (Å²) in [6.45, 7) is 8.54. The largest absolute Gasteiger partial charge is 0.468 e. The fraction of sp³-hybridized carbons (Fsp3) is 0.414. The lowest BCUT2D eigenvalue weighted by atomic mass is 9.90. The Labute approximate surface area is 229 Å². The molecule has 1 aromatic carbocycles. The molecule has 0 spiro atoms. The number of likely N-dealkylation sites (tertiary alicyclic amines) is 1. The number of anilines is 1. The second kappa shape index (κ2) is 13.1. The molecule has 6 nitrogen and oxygen atoms in total. The molecule has 0 bridgehead atoms. The van der Waals surface area contributed by atoms with E-state index in [0.717, 1.165) is 71.8 Å². The number of rotatable bonds is 9. The number of para-hydroxylation sites is 1. The van der Waals surface area contributed by atoms with Crippen LogP contribution in [0.5, 0.6) is 0 Å². The number of nitrogens with zero attached hydrogens (tertiary/aromatic N) is 2. The van der Waals surface area contributed by atoms with Crippen molar-refractivity contribution in [1.29, 1.82) is 0 Å². The van der Waals surface area contributed by atoms with Gasteiger partial charge in [0.25, 0.3) is 5.91 Å². The third kappa shape index (κ3) is 7.14. The van der Waals surface area contributed by atoms with E-state index in [2.05, 4.69) is 47.6 Å². The highest BCUT2D eigenvalue weighted by molar-refractivity contribution is 7.98. The standard InChI is InChI=1S/C29H36N4O2S2/c1-4-22-8-5-7-20(2)26(22)32-29(36)33-15-12-23(13-16-33)27-25(11-10-21(3)31-27)28(34)30-14-18-37-19-24-9-6-17-35-24/h5-11,17,23H,4,12-16,18-19H2,1-3H3,(H,30,34)(H,32,36). The Morgan fingerprint density at radius 1 is 1.16 bits per heavy atom. The van der Waals surface area contributed by atoms with Crippen molar-refractivity contribution in [3.63, 3.8) is 0 Å². The van der Waals surface area contributed by atoms with Crippen LogP contribution in [0.3, 0.4) is 0 Å². The zero-order valence-electron chi connectivity index (χ0n) is 21.9. The molecule has 4 rings (SSSR count). The van der Waals surface area contributed by atoms with Gasteiger partial charge < -0.3 is 20.0 Å². The highest BCUT2D eigenvalue weighted by Gasteiger charge is 2.27. The Kier molecular flexibility index (Phi) is 9.63. The Balaban J connectivity index is 1.32. The van der Waals surface area contributed by atoms with Gasteiger partial charge in [0, 0.05) is 42.7 Å². The molecule has 1 saturated heterocycles. The fourth-order valence-corrected chi connectivity index (χ4v) is 5.76. The Morgan fingerprint density at radius 2 is 1.97 bits per heavy atom. The van der Waals surface area contributed by atoms with E-state index in [1.54, 1.807) is 18.0 Å². The zero-order valence-corrected chi connectivity index (χ0v) is 23.5. The van der Waals surface area contributed by atoms with Crippen molar-refractivity contribution in [1.82, 2.24) is 15.2 Å². The number of piperidine rings is 1. The molecular weight excluding hydrogens is 500 g/mol. The summed E-state index contributed by atoms with van der Waals surface area (Å²) in [7, 11) is 0. The molecule has 196 valence electrons.